The van der Waals surface area contributed by atoms with Gasteiger partial charge in [0.05, 0.1) is 11.5 Å². The summed E-state index contributed by atoms with van der Waals surface area (Å²) in [4.78, 5) is 41.1. The van der Waals surface area contributed by atoms with Gasteiger partial charge >= 0.3 is 0 Å². The third kappa shape index (κ3) is 6.55. The van der Waals surface area contributed by atoms with Crippen molar-refractivity contribution in [3.63, 3.8) is 0 Å². The second-order valence-corrected chi connectivity index (χ2v) is 9.90. The lowest BCUT2D eigenvalue weighted by atomic mass is 10.2. The minimum absolute atomic E-state index is 0.294. The Morgan fingerprint density at radius 3 is 2.23 bits per heavy atom. The monoisotopic (exact) mass is 504 g/mol. The van der Waals surface area contributed by atoms with Crippen molar-refractivity contribution < 1.29 is 19.1 Å². The molecule has 0 bridgehead atoms. The summed E-state index contributed by atoms with van der Waals surface area (Å²) in [6.45, 7) is 4.15. The average molecular weight is 505 g/mol. The molecule has 4 rings (SSSR count). The molecule has 1 aliphatic rings. The molecule has 1 aliphatic heterocycles. The van der Waals surface area contributed by atoms with Crippen molar-refractivity contribution in [2.75, 3.05) is 18.5 Å². The van der Waals surface area contributed by atoms with E-state index in [1.165, 1.54) is 5.56 Å². The number of nitrogens with one attached hydrogen (secondary N) is 1. The molecule has 0 spiro atoms. The topological polar surface area (TPSA) is 75.7 Å². The Labute approximate surface area is 212 Å². The molecule has 0 atom stereocenters. The van der Waals surface area contributed by atoms with E-state index in [0.717, 1.165) is 32.0 Å². The summed E-state index contributed by atoms with van der Waals surface area (Å²) in [5, 5.41) is 2.24. The third-order valence-electron chi connectivity index (χ3n) is 5.06. The average Bonchev–Trinajstić information content (AvgIpc) is 3.10. The van der Waals surface area contributed by atoms with Crippen LogP contribution in [0.5, 0.6) is 5.75 Å². The van der Waals surface area contributed by atoms with E-state index in [-0.39, 0.29) is 6.54 Å². The molecule has 0 radical (unpaired) electrons. The summed E-state index contributed by atoms with van der Waals surface area (Å²) in [5.74, 6) is -0.224. The van der Waals surface area contributed by atoms with E-state index in [0.29, 0.717) is 22.9 Å². The maximum Gasteiger partial charge on any atom is 0.294 e. The largest absolute Gasteiger partial charge is 0.494 e. The maximum absolute atomic E-state index is 12.8. The normalized spacial score (nSPS) is 14.5. The fourth-order valence-corrected chi connectivity index (χ4v) is 4.96. The number of imide groups is 1. The quantitative estimate of drug-likeness (QED) is 0.367. The first-order chi connectivity index (χ1) is 16.9. The number of carbonyl (C=O) groups is 3. The van der Waals surface area contributed by atoms with E-state index in [4.69, 9.17) is 4.74 Å². The minimum Gasteiger partial charge on any atom is -0.494 e. The Balaban J connectivity index is 1.36. The number of rotatable bonds is 8. The highest BCUT2D eigenvalue weighted by molar-refractivity contribution is 8.18. The van der Waals surface area contributed by atoms with Crippen molar-refractivity contribution in [1.29, 1.82) is 0 Å². The molecule has 0 aliphatic carbocycles. The molecule has 0 unspecified atom stereocenters. The minimum atomic E-state index is -0.472. The number of ether oxygens (including phenoxy) is 1. The van der Waals surface area contributed by atoms with Crippen LogP contribution in [-0.4, -0.2) is 35.1 Å². The van der Waals surface area contributed by atoms with Crippen molar-refractivity contribution in [2.45, 2.75) is 23.6 Å². The highest BCUT2D eigenvalue weighted by Crippen LogP contribution is 2.33. The zero-order chi connectivity index (χ0) is 24.8. The van der Waals surface area contributed by atoms with Gasteiger partial charge in [-0.15, -0.1) is 0 Å². The van der Waals surface area contributed by atoms with Crippen molar-refractivity contribution in [1.82, 2.24) is 4.90 Å². The van der Waals surface area contributed by atoms with Gasteiger partial charge in [-0.05, 0) is 85.8 Å². The lowest BCUT2D eigenvalue weighted by Crippen LogP contribution is -2.36. The first kappa shape index (κ1) is 24.6. The fraction of sp³-hybridized carbons (Fsp3) is 0.148. The van der Waals surface area contributed by atoms with E-state index in [2.05, 4.69) is 36.5 Å². The molecule has 3 aromatic rings. The summed E-state index contributed by atoms with van der Waals surface area (Å²) in [6, 6.07) is 23.0. The second kappa shape index (κ2) is 11.3. The molecule has 178 valence electrons. The van der Waals surface area contributed by atoms with Gasteiger partial charge in [0.15, 0.2) is 0 Å². The van der Waals surface area contributed by atoms with Crippen LogP contribution in [0.4, 0.5) is 10.5 Å². The van der Waals surface area contributed by atoms with Crippen LogP contribution in [0.25, 0.3) is 6.08 Å². The zero-order valence-electron chi connectivity index (χ0n) is 19.3. The molecule has 3 aromatic carbocycles. The number of amides is 3. The van der Waals surface area contributed by atoms with Gasteiger partial charge in [-0.2, -0.15) is 0 Å². The smallest absolute Gasteiger partial charge is 0.294 e. The van der Waals surface area contributed by atoms with Gasteiger partial charge in [-0.3, -0.25) is 19.3 Å². The third-order valence-corrected chi connectivity index (χ3v) is 6.98. The van der Waals surface area contributed by atoms with Gasteiger partial charge in [-0.1, -0.05) is 41.6 Å². The lowest BCUT2D eigenvalue weighted by molar-refractivity contribution is -0.127. The van der Waals surface area contributed by atoms with Crippen molar-refractivity contribution in [2.24, 2.45) is 0 Å². The lowest BCUT2D eigenvalue weighted by Gasteiger charge is -2.12. The molecule has 3 amide bonds. The van der Waals surface area contributed by atoms with E-state index in [1.54, 1.807) is 42.1 Å². The number of aryl methyl sites for hydroxylation is 1. The molecule has 1 fully saturated rings. The Morgan fingerprint density at radius 2 is 1.60 bits per heavy atom. The van der Waals surface area contributed by atoms with Gasteiger partial charge in [0.1, 0.15) is 12.3 Å². The summed E-state index contributed by atoms with van der Waals surface area (Å²) < 4.78 is 5.38. The van der Waals surface area contributed by atoms with E-state index >= 15 is 0 Å². The van der Waals surface area contributed by atoms with Gasteiger partial charge in [0, 0.05) is 15.5 Å². The number of hydrogen-bond acceptors (Lipinski definition) is 6. The molecule has 35 heavy (non-hydrogen) atoms. The number of thioether (sulfide) groups is 1. The Kier molecular flexibility index (Phi) is 7.94. The highest BCUT2D eigenvalue weighted by atomic mass is 32.2. The first-order valence-corrected chi connectivity index (χ1v) is 12.7. The van der Waals surface area contributed by atoms with Gasteiger partial charge in [-0.25, -0.2) is 0 Å². The summed E-state index contributed by atoms with van der Waals surface area (Å²) in [6.07, 6.45) is 1.68. The summed E-state index contributed by atoms with van der Waals surface area (Å²) in [7, 11) is 0. The molecule has 0 aromatic heterocycles. The van der Waals surface area contributed by atoms with Crippen LogP contribution >= 0.6 is 23.5 Å². The van der Waals surface area contributed by atoms with Crippen molar-refractivity contribution in [3.05, 3.63) is 88.8 Å². The molecular formula is C27H24N2O4S2. The number of benzene rings is 3. The number of nitrogens with zero attached hydrogens (tertiary/aromatic N) is 1. The molecule has 6 nitrogen and oxygen atoms in total. The standard InChI is InChI=1S/C27H24N2O4S2/c1-3-33-21-10-8-20(9-11-21)28-25(30)17-29-26(31)24(35-27(29)32)16-19-6-14-23(15-7-19)34-22-12-4-18(2)5-13-22/h4-16H,3,17H2,1-2H3,(H,28,30)/b24-16-. The number of hydrogen-bond donors (Lipinski definition) is 1. The van der Waals surface area contributed by atoms with Gasteiger partial charge in [0.25, 0.3) is 11.1 Å². The van der Waals surface area contributed by atoms with Crippen LogP contribution in [0.2, 0.25) is 0 Å². The van der Waals surface area contributed by atoms with Crippen LogP contribution in [0.3, 0.4) is 0 Å². The predicted octanol–water partition coefficient (Wildman–Crippen LogP) is 6.22. The van der Waals surface area contributed by atoms with Crippen LogP contribution in [0, 0.1) is 6.92 Å². The Bertz CT molecular complexity index is 1250. The van der Waals surface area contributed by atoms with Crippen molar-refractivity contribution in [3.8, 4) is 5.75 Å². The maximum atomic E-state index is 12.8. The Hall–Kier alpha value is -3.49. The first-order valence-electron chi connectivity index (χ1n) is 11.0. The molecule has 0 saturated carbocycles. The highest BCUT2D eigenvalue weighted by Gasteiger charge is 2.36. The predicted molar refractivity (Wildman–Crippen MR) is 141 cm³/mol. The van der Waals surface area contributed by atoms with Crippen molar-refractivity contribution >= 4 is 52.3 Å². The van der Waals surface area contributed by atoms with E-state index in [9.17, 15) is 14.4 Å². The number of anilines is 1. The van der Waals surface area contributed by atoms with Gasteiger partial charge < -0.3 is 10.1 Å². The Morgan fingerprint density at radius 1 is 0.971 bits per heavy atom. The van der Waals surface area contributed by atoms with Gasteiger partial charge in [0.2, 0.25) is 5.91 Å². The van der Waals surface area contributed by atoms with E-state index < -0.39 is 17.1 Å². The molecular weight excluding hydrogens is 480 g/mol. The SMILES string of the molecule is CCOc1ccc(NC(=O)CN2C(=O)S/C(=C\c3ccc(Sc4ccc(C)cc4)cc3)C2=O)cc1. The zero-order valence-corrected chi connectivity index (χ0v) is 20.9. The van der Waals surface area contributed by atoms with Crippen LogP contribution in [0.15, 0.2) is 87.5 Å². The van der Waals surface area contributed by atoms with Crippen LogP contribution < -0.4 is 10.1 Å². The fourth-order valence-electron chi connectivity index (χ4n) is 3.31. The van der Waals surface area contributed by atoms with Crippen LogP contribution in [-0.2, 0) is 9.59 Å². The van der Waals surface area contributed by atoms with Crippen LogP contribution in [0.1, 0.15) is 18.1 Å². The molecule has 1 saturated heterocycles. The molecule has 8 heteroatoms. The summed E-state index contributed by atoms with van der Waals surface area (Å²) in [5.41, 5.74) is 2.58. The molecule has 1 N–H and O–H groups in total. The van der Waals surface area contributed by atoms with E-state index in [1.807, 2.05) is 31.2 Å². The number of carbonyl (C=O) groups excluding carboxylic acids is 3. The second-order valence-electron chi connectivity index (χ2n) is 7.76. The molecule has 1 heterocycles. The summed E-state index contributed by atoms with van der Waals surface area (Å²) >= 11 is 2.49.